The van der Waals surface area contributed by atoms with Crippen LogP contribution in [0.4, 0.5) is 18.9 Å². The number of rotatable bonds is 9. The van der Waals surface area contributed by atoms with Gasteiger partial charge in [-0.05, 0) is 48.2 Å². The van der Waals surface area contributed by atoms with E-state index in [4.69, 9.17) is 5.11 Å². The van der Waals surface area contributed by atoms with E-state index in [-0.39, 0.29) is 18.7 Å². The summed E-state index contributed by atoms with van der Waals surface area (Å²) in [6, 6.07) is 9.63. The number of pyridine rings is 1. The van der Waals surface area contributed by atoms with Crippen LogP contribution in [-0.4, -0.2) is 29.1 Å². The van der Waals surface area contributed by atoms with Crippen molar-refractivity contribution in [1.29, 1.82) is 0 Å². The van der Waals surface area contributed by atoms with Gasteiger partial charge in [-0.25, -0.2) is 4.39 Å². The Bertz CT molecular complexity index is 750. The zero-order valence-electron chi connectivity index (χ0n) is 15.3. The lowest BCUT2D eigenvalue weighted by atomic mass is 9.86. The first-order valence-electron chi connectivity index (χ1n) is 8.61. The van der Waals surface area contributed by atoms with Crippen molar-refractivity contribution in [1.82, 2.24) is 4.98 Å². The van der Waals surface area contributed by atoms with Crippen molar-refractivity contribution in [2.45, 2.75) is 32.6 Å². The highest BCUT2D eigenvalue weighted by molar-refractivity contribution is 5.66. The molecular formula is C20H23F3N2O2. The summed E-state index contributed by atoms with van der Waals surface area (Å²) in [5, 5.41) is 8.91. The number of anilines is 1. The standard InChI is InChI=1S/C20H23F3N2O2/c1-19(2,11-10-18(26)27)13-25(16-8-6-15(21)7-9-16)14-20(22,23)17-5-3-4-12-24-17/h3-9,12H,10-11,13-14H2,1-2H3,(H,26,27). The number of carboxylic acid groups (broad SMARTS) is 1. The van der Waals surface area contributed by atoms with Crippen molar-refractivity contribution in [2.75, 3.05) is 18.0 Å². The third-order valence-corrected chi connectivity index (χ3v) is 4.26. The molecule has 0 amide bonds. The van der Waals surface area contributed by atoms with Gasteiger partial charge in [-0.2, -0.15) is 8.78 Å². The number of hydrogen-bond acceptors (Lipinski definition) is 3. The van der Waals surface area contributed by atoms with E-state index in [1.54, 1.807) is 6.07 Å². The van der Waals surface area contributed by atoms with Gasteiger partial charge >= 0.3 is 11.9 Å². The number of aliphatic carboxylic acids is 1. The number of aromatic nitrogens is 1. The predicted octanol–water partition coefficient (Wildman–Crippen LogP) is 4.71. The maximum atomic E-state index is 14.8. The van der Waals surface area contributed by atoms with Gasteiger partial charge in [-0.1, -0.05) is 19.9 Å². The third-order valence-electron chi connectivity index (χ3n) is 4.26. The van der Waals surface area contributed by atoms with Crippen molar-refractivity contribution in [3.63, 3.8) is 0 Å². The Labute approximate surface area is 156 Å². The first-order chi connectivity index (χ1) is 12.6. The highest BCUT2D eigenvalue weighted by atomic mass is 19.3. The van der Waals surface area contributed by atoms with Crippen LogP contribution in [0.1, 0.15) is 32.4 Å². The molecule has 0 spiro atoms. The second-order valence-electron chi connectivity index (χ2n) is 7.31. The number of benzene rings is 1. The van der Waals surface area contributed by atoms with Crippen LogP contribution in [-0.2, 0) is 10.7 Å². The first kappa shape index (κ1) is 20.7. The largest absolute Gasteiger partial charge is 0.481 e. The topological polar surface area (TPSA) is 53.4 Å². The molecule has 0 radical (unpaired) electrons. The van der Waals surface area contributed by atoms with E-state index in [1.807, 2.05) is 13.8 Å². The van der Waals surface area contributed by atoms with Crippen LogP contribution in [0, 0.1) is 11.2 Å². The average molecular weight is 380 g/mol. The molecule has 1 N–H and O–H groups in total. The predicted molar refractivity (Wildman–Crippen MR) is 97.4 cm³/mol. The molecule has 0 aliphatic rings. The quantitative estimate of drug-likeness (QED) is 0.685. The molecule has 27 heavy (non-hydrogen) atoms. The van der Waals surface area contributed by atoms with Gasteiger partial charge in [0.25, 0.3) is 0 Å². The minimum absolute atomic E-state index is 0.0547. The Morgan fingerprint density at radius 2 is 1.78 bits per heavy atom. The van der Waals surface area contributed by atoms with Crippen LogP contribution >= 0.6 is 0 Å². The van der Waals surface area contributed by atoms with E-state index in [0.29, 0.717) is 12.1 Å². The van der Waals surface area contributed by atoms with Crippen molar-refractivity contribution in [3.05, 3.63) is 60.2 Å². The van der Waals surface area contributed by atoms with Crippen LogP contribution in [0.3, 0.4) is 0 Å². The fourth-order valence-corrected chi connectivity index (χ4v) is 2.83. The van der Waals surface area contributed by atoms with Crippen LogP contribution in [0.25, 0.3) is 0 Å². The van der Waals surface area contributed by atoms with Crippen LogP contribution in [0.15, 0.2) is 48.7 Å². The molecule has 4 nitrogen and oxygen atoms in total. The molecule has 0 fully saturated rings. The monoisotopic (exact) mass is 380 g/mol. The Morgan fingerprint density at radius 1 is 1.11 bits per heavy atom. The molecule has 0 saturated heterocycles. The first-order valence-corrected chi connectivity index (χ1v) is 8.61. The minimum atomic E-state index is -3.22. The summed E-state index contributed by atoms with van der Waals surface area (Å²) in [5.74, 6) is -4.62. The van der Waals surface area contributed by atoms with E-state index in [0.717, 1.165) is 0 Å². The van der Waals surface area contributed by atoms with Gasteiger partial charge < -0.3 is 10.0 Å². The lowest BCUT2D eigenvalue weighted by Gasteiger charge is -2.36. The van der Waals surface area contributed by atoms with E-state index >= 15 is 0 Å². The minimum Gasteiger partial charge on any atom is -0.481 e. The second-order valence-corrected chi connectivity index (χ2v) is 7.31. The second kappa shape index (κ2) is 8.41. The molecule has 0 bridgehead atoms. The van der Waals surface area contributed by atoms with Gasteiger partial charge in [0.2, 0.25) is 0 Å². The normalized spacial score (nSPS) is 12.0. The molecule has 0 unspecified atom stereocenters. The van der Waals surface area contributed by atoms with Crippen LogP contribution in [0.5, 0.6) is 0 Å². The van der Waals surface area contributed by atoms with Crippen molar-refractivity contribution in [2.24, 2.45) is 5.41 Å². The summed E-state index contributed by atoms with van der Waals surface area (Å²) in [6.07, 6.45) is 1.58. The van der Waals surface area contributed by atoms with E-state index < -0.39 is 29.7 Å². The Morgan fingerprint density at radius 3 is 2.33 bits per heavy atom. The van der Waals surface area contributed by atoms with Crippen LogP contribution in [0.2, 0.25) is 0 Å². The molecule has 2 aromatic rings. The number of hydrogen-bond donors (Lipinski definition) is 1. The van der Waals surface area contributed by atoms with E-state index in [1.165, 1.54) is 47.5 Å². The summed E-state index contributed by atoms with van der Waals surface area (Å²) in [4.78, 5) is 16.1. The molecular weight excluding hydrogens is 357 g/mol. The van der Waals surface area contributed by atoms with Gasteiger partial charge in [-0.3, -0.25) is 9.78 Å². The van der Waals surface area contributed by atoms with Gasteiger partial charge in [0.05, 0.1) is 6.54 Å². The fraction of sp³-hybridized carbons (Fsp3) is 0.400. The molecule has 1 aromatic heterocycles. The summed E-state index contributed by atoms with van der Waals surface area (Å²) in [6.45, 7) is 3.19. The number of nitrogens with zero attached hydrogens (tertiary/aromatic N) is 2. The summed E-state index contributed by atoms with van der Waals surface area (Å²) >= 11 is 0. The zero-order valence-corrected chi connectivity index (χ0v) is 15.3. The smallest absolute Gasteiger partial charge is 0.306 e. The van der Waals surface area contributed by atoms with Crippen molar-refractivity contribution >= 4 is 11.7 Å². The number of halogens is 3. The maximum Gasteiger partial charge on any atom is 0.306 e. The van der Waals surface area contributed by atoms with Gasteiger partial charge in [0.1, 0.15) is 11.5 Å². The van der Waals surface area contributed by atoms with Gasteiger partial charge in [-0.15, -0.1) is 0 Å². The third kappa shape index (κ3) is 6.27. The maximum absolute atomic E-state index is 14.8. The lowest BCUT2D eigenvalue weighted by Crippen LogP contribution is -2.41. The van der Waals surface area contributed by atoms with Crippen LogP contribution < -0.4 is 4.90 Å². The molecule has 1 aromatic carbocycles. The molecule has 2 rings (SSSR count). The average Bonchev–Trinajstić information content (AvgIpc) is 2.60. The highest BCUT2D eigenvalue weighted by Gasteiger charge is 2.37. The Hall–Kier alpha value is -2.57. The SMILES string of the molecule is CC(C)(CCC(=O)O)CN(CC(F)(F)c1ccccn1)c1ccc(F)cc1. The number of carboxylic acids is 1. The molecule has 146 valence electrons. The Kier molecular flexibility index (Phi) is 6.46. The number of alkyl halides is 2. The molecule has 0 aliphatic heterocycles. The fourth-order valence-electron chi connectivity index (χ4n) is 2.83. The zero-order chi connectivity index (χ0) is 20.1. The summed E-state index contributed by atoms with van der Waals surface area (Å²) in [5.41, 5.74) is -0.441. The highest BCUT2D eigenvalue weighted by Crippen LogP contribution is 2.33. The number of carbonyl (C=O) groups is 1. The molecule has 0 aliphatic carbocycles. The van der Waals surface area contributed by atoms with Crippen molar-refractivity contribution in [3.8, 4) is 0 Å². The van der Waals surface area contributed by atoms with Gasteiger partial charge in [0, 0.05) is 24.8 Å². The van der Waals surface area contributed by atoms with E-state index in [9.17, 15) is 18.0 Å². The summed E-state index contributed by atoms with van der Waals surface area (Å²) < 4.78 is 42.8. The molecule has 0 atom stereocenters. The van der Waals surface area contributed by atoms with Crippen molar-refractivity contribution < 1.29 is 23.1 Å². The molecule has 0 saturated carbocycles. The van der Waals surface area contributed by atoms with E-state index in [2.05, 4.69) is 4.98 Å². The lowest BCUT2D eigenvalue weighted by molar-refractivity contribution is -0.137. The van der Waals surface area contributed by atoms with Gasteiger partial charge in [0.15, 0.2) is 0 Å². The Balaban J connectivity index is 2.27. The summed E-state index contributed by atoms with van der Waals surface area (Å²) in [7, 11) is 0. The molecule has 1 heterocycles. The molecule has 7 heteroatoms.